The molecule has 0 spiro atoms. The molecule has 0 unspecified atom stereocenters. The smallest absolute Gasteiger partial charge is 0.270 e. The minimum absolute atomic E-state index is 0.0521. The Bertz CT molecular complexity index is 1050. The maximum Gasteiger partial charge on any atom is 0.270 e. The van der Waals surface area contributed by atoms with Gasteiger partial charge in [0.25, 0.3) is 5.91 Å². The molecule has 0 saturated carbocycles. The average molecular weight is 403 g/mol. The number of aromatic nitrogens is 2. The van der Waals surface area contributed by atoms with Crippen LogP contribution in [0.3, 0.4) is 0 Å². The number of rotatable bonds is 6. The first-order chi connectivity index (χ1) is 13.4. The average Bonchev–Trinajstić information content (AvgIpc) is 2.99. The minimum atomic E-state index is -0.541. The van der Waals surface area contributed by atoms with Crippen molar-refractivity contribution in [1.82, 2.24) is 14.7 Å². The van der Waals surface area contributed by atoms with Gasteiger partial charge >= 0.3 is 0 Å². The van der Waals surface area contributed by atoms with Gasteiger partial charge < -0.3 is 10.6 Å². The van der Waals surface area contributed by atoms with Crippen molar-refractivity contribution >= 4 is 34.7 Å². The van der Waals surface area contributed by atoms with Crippen LogP contribution in [0.4, 0.5) is 10.1 Å². The number of benzene rings is 1. The van der Waals surface area contributed by atoms with Crippen molar-refractivity contribution in [1.29, 1.82) is 0 Å². The van der Waals surface area contributed by atoms with Crippen LogP contribution in [0, 0.1) is 19.7 Å². The SMILES string of the molecule is Cc1nc2c(C)cccn2c1C(=O)NCCCC(=O)Nc1ccc(F)c(Cl)c1. The predicted molar refractivity (Wildman–Crippen MR) is 106 cm³/mol. The number of halogens is 2. The summed E-state index contributed by atoms with van der Waals surface area (Å²) >= 11 is 5.69. The molecule has 2 N–H and O–H groups in total. The first-order valence-corrected chi connectivity index (χ1v) is 9.22. The Kier molecular flexibility index (Phi) is 5.94. The number of pyridine rings is 1. The molecule has 6 nitrogen and oxygen atoms in total. The van der Waals surface area contributed by atoms with Gasteiger partial charge in [-0.3, -0.25) is 14.0 Å². The topological polar surface area (TPSA) is 75.5 Å². The van der Waals surface area contributed by atoms with Gasteiger partial charge in [-0.2, -0.15) is 0 Å². The Morgan fingerprint density at radius 2 is 2.04 bits per heavy atom. The predicted octanol–water partition coefficient (Wildman–Crippen LogP) is 3.89. The Hall–Kier alpha value is -2.93. The van der Waals surface area contributed by atoms with E-state index in [-0.39, 0.29) is 23.3 Å². The molecule has 146 valence electrons. The molecule has 0 radical (unpaired) electrons. The standard InChI is InChI=1S/C20H20ClFN4O2/c1-12-5-4-10-26-18(13(2)24-19(12)26)20(28)23-9-3-6-17(27)25-14-7-8-16(22)15(21)11-14/h4-5,7-8,10-11H,3,6,9H2,1-2H3,(H,23,28)(H,25,27). The van der Waals surface area contributed by atoms with Crippen LogP contribution in [0.2, 0.25) is 5.02 Å². The third kappa shape index (κ3) is 4.31. The van der Waals surface area contributed by atoms with Crippen LogP contribution in [-0.4, -0.2) is 27.7 Å². The third-order valence-electron chi connectivity index (χ3n) is 4.30. The molecular weight excluding hydrogens is 383 g/mol. The highest BCUT2D eigenvalue weighted by Gasteiger charge is 2.17. The highest BCUT2D eigenvalue weighted by molar-refractivity contribution is 6.31. The van der Waals surface area contributed by atoms with Crippen molar-refractivity contribution in [2.75, 3.05) is 11.9 Å². The molecule has 0 bridgehead atoms. The van der Waals surface area contributed by atoms with Gasteiger partial charge in [0.05, 0.1) is 10.7 Å². The summed E-state index contributed by atoms with van der Waals surface area (Å²) in [7, 11) is 0. The third-order valence-corrected chi connectivity index (χ3v) is 4.59. The Morgan fingerprint density at radius 3 is 2.79 bits per heavy atom. The zero-order valence-corrected chi connectivity index (χ0v) is 16.3. The zero-order valence-electron chi connectivity index (χ0n) is 15.6. The number of aryl methyl sites for hydroxylation is 2. The molecule has 3 aromatic rings. The number of carbonyl (C=O) groups excluding carboxylic acids is 2. The van der Waals surface area contributed by atoms with E-state index in [1.165, 1.54) is 18.2 Å². The van der Waals surface area contributed by atoms with E-state index in [1.807, 2.05) is 19.1 Å². The molecule has 0 aliphatic carbocycles. The molecule has 0 atom stereocenters. The Balaban J connectivity index is 1.52. The molecule has 0 aliphatic rings. The summed E-state index contributed by atoms with van der Waals surface area (Å²) in [6, 6.07) is 7.79. The van der Waals surface area contributed by atoms with Crippen LogP contribution >= 0.6 is 11.6 Å². The number of imidazole rings is 1. The van der Waals surface area contributed by atoms with Crippen LogP contribution in [0.5, 0.6) is 0 Å². The largest absolute Gasteiger partial charge is 0.351 e. The quantitative estimate of drug-likeness (QED) is 0.614. The molecule has 2 amide bonds. The van der Waals surface area contributed by atoms with Gasteiger partial charge in [-0.1, -0.05) is 17.7 Å². The van der Waals surface area contributed by atoms with Gasteiger partial charge in [-0.25, -0.2) is 9.37 Å². The first kappa shape index (κ1) is 19.8. The van der Waals surface area contributed by atoms with Crippen LogP contribution in [0.1, 0.15) is 34.6 Å². The normalized spacial score (nSPS) is 10.9. The number of fused-ring (bicyclic) bond motifs is 1. The highest BCUT2D eigenvalue weighted by atomic mass is 35.5. The molecule has 0 saturated heterocycles. The maximum absolute atomic E-state index is 13.1. The number of hydrogen-bond acceptors (Lipinski definition) is 3. The van der Waals surface area contributed by atoms with Crippen molar-refractivity contribution in [2.24, 2.45) is 0 Å². The lowest BCUT2D eigenvalue weighted by Gasteiger charge is -2.08. The zero-order chi connectivity index (χ0) is 20.3. The maximum atomic E-state index is 13.1. The van der Waals surface area contributed by atoms with E-state index in [0.717, 1.165) is 11.2 Å². The fourth-order valence-corrected chi connectivity index (χ4v) is 3.10. The van der Waals surface area contributed by atoms with Crippen LogP contribution in [0.25, 0.3) is 5.65 Å². The molecular formula is C20H20ClFN4O2. The molecule has 0 aliphatic heterocycles. The van der Waals surface area contributed by atoms with Gasteiger partial charge in [0, 0.05) is 24.8 Å². The lowest BCUT2D eigenvalue weighted by Crippen LogP contribution is -2.27. The summed E-state index contributed by atoms with van der Waals surface area (Å²) in [5.41, 5.74) is 3.31. The monoisotopic (exact) mass is 402 g/mol. The summed E-state index contributed by atoms with van der Waals surface area (Å²) in [6.07, 6.45) is 2.47. The van der Waals surface area contributed by atoms with E-state index in [0.29, 0.717) is 30.0 Å². The van der Waals surface area contributed by atoms with E-state index in [1.54, 1.807) is 17.5 Å². The first-order valence-electron chi connectivity index (χ1n) is 8.84. The fraction of sp³-hybridized carbons (Fsp3) is 0.250. The van der Waals surface area contributed by atoms with Crippen molar-refractivity contribution < 1.29 is 14.0 Å². The number of hydrogen-bond donors (Lipinski definition) is 2. The summed E-state index contributed by atoms with van der Waals surface area (Å²) in [6.45, 7) is 4.08. The summed E-state index contributed by atoms with van der Waals surface area (Å²) in [5.74, 6) is -1.01. The number of anilines is 1. The van der Waals surface area contributed by atoms with Crippen molar-refractivity contribution in [3.05, 3.63) is 64.3 Å². The second-order valence-corrected chi connectivity index (χ2v) is 6.87. The van der Waals surface area contributed by atoms with Gasteiger partial charge in [0.2, 0.25) is 5.91 Å². The Morgan fingerprint density at radius 1 is 1.25 bits per heavy atom. The fourth-order valence-electron chi connectivity index (χ4n) is 2.92. The molecule has 8 heteroatoms. The van der Waals surface area contributed by atoms with Gasteiger partial charge in [0.15, 0.2) is 0 Å². The van der Waals surface area contributed by atoms with E-state index in [2.05, 4.69) is 15.6 Å². The number of carbonyl (C=O) groups is 2. The van der Waals surface area contributed by atoms with Crippen molar-refractivity contribution in [3.63, 3.8) is 0 Å². The van der Waals surface area contributed by atoms with E-state index >= 15 is 0 Å². The van der Waals surface area contributed by atoms with Gasteiger partial charge in [-0.15, -0.1) is 0 Å². The molecule has 1 aromatic carbocycles. The van der Waals surface area contributed by atoms with Crippen LogP contribution in [0.15, 0.2) is 36.5 Å². The lowest BCUT2D eigenvalue weighted by atomic mass is 10.2. The second kappa shape index (κ2) is 8.39. The highest BCUT2D eigenvalue weighted by Crippen LogP contribution is 2.19. The van der Waals surface area contributed by atoms with Crippen LogP contribution in [-0.2, 0) is 4.79 Å². The number of nitrogens with zero attached hydrogens (tertiary/aromatic N) is 2. The van der Waals surface area contributed by atoms with Crippen molar-refractivity contribution in [2.45, 2.75) is 26.7 Å². The number of nitrogens with one attached hydrogen (secondary N) is 2. The minimum Gasteiger partial charge on any atom is -0.351 e. The van der Waals surface area contributed by atoms with Crippen molar-refractivity contribution in [3.8, 4) is 0 Å². The summed E-state index contributed by atoms with van der Waals surface area (Å²) in [4.78, 5) is 29.0. The van der Waals surface area contributed by atoms with E-state index in [4.69, 9.17) is 11.6 Å². The van der Waals surface area contributed by atoms with Crippen LogP contribution < -0.4 is 10.6 Å². The molecule has 28 heavy (non-hydrogen) atoms. The lowest BCUT2D eigenvalue weighted by molar-refractivity contribution is -0.116. The van der Waals surface area contributed by atoms with Gasteiger partial charge in [0.1, 0.15) is 17.2 Å². The summed E-state index contributed by atoms with van der Waals surface area (Å²) < 4.78 is 14.9. The molecule has 3 rings (SSSR count). The number of amides is 2. The summed E-state index contributed by atoms with van der Waals surface area (Å²) in [5, 5.41) is 5.42. The molecule has 2 aromatic heterocycles. The van der Waals surface area contributed by atoms with E-state index in [9.17, 15) is 14.0 Å². The molecule has 0 fully saturated rings. The van der Waals surface area contributed by atoms with E-state index < -0.39 is 5.82 Å². The Labute approximate surface area is 166 Å². The second-order valence-electron chi connectivity index (χ2n) is 6.47. The van der Waals surface area contributed by atoms with Gasteiger partial charge in [-0.05, 0) is 50.1 Å². The molecule has 2 heterocycles.